The van der Waals surface area contributed by atoms with Gasteiger partial charge in [0.2, 0.25) is 11.8 Å². The first-order valence-corrected chi connectivity index (χ1v) is 12.0. The van der Waals surface area contributed by atoms with Gasteiger partial charge in [-0.25, -0.2) is 0 Å². The Morgan fingerprint density at radius 3 is 2.35 bits per heavy atom. The highest BCUT2D eigenvalue weighted by atomic mass is 16.1. The number of aryl methyl sites for hydroxylation is 1. The number of nitrogens with one attached hydrogen (secondary N) is 2. The number of rotatable bonds is 8. The van der Waals surface area contributed by atoms with E-state index in [0.717, 1.165) is 73.5 Å². The molecule has 0 spiro atoms. The third kappa shape index (κ3) is 4.56. The van der Waals surface area contributed by atoms with Gasteiger partial charge < -0.3 is 26.3 Å². The summed E-state index contributed by atoms with van der Waals surface area (Å²) in [5.74, 6) is -0.260. The summed E-state index contributed by atoms with van der Waals surface area (Å²) in [6.45, 7) is 3.31. The average molecular weight is 458 g/mol. The van der Waals surface area contributed by atoms with Crippen molar-refractivity contribution in [2.24, 2.45) is 11.5 Å². The fourth-order valence-corrected chi connectivity index (χ4v) is 5.19. The van der Waals surface area contributed by atoms with Crippen molar-refractivity contribution in [2.75, 3.05) is 19.6 Å². The first-order chi connectivity index (χ1) is 16.5. The lowest BCUT2D eigenvalue weighted by molar-refractivity contribution is 0.0992. The molecule has 0 atom stereocenters. The molecule has 3 heterocycles. The third-order valence-electron chi connectivity index (χ3n) is 7.18. The summed E-state index contributed by atoms with van der Waals surface area (Å²) in [7, 11) is 0. The number of nitrogens with two attached hydrogens (primary N) is 2. The molecular formula is C27H31N5O2. The van der Waals surface area contributed by atoms with Crippen molar-refractivity contribution in [3.63, 3.8) is 0 Å². The van der Waals surface area contributed by atoms with Gasteiger partial charge in [0.1, 0.15) is 0 Å². The van der Waals surface area contributed by atoms with Crippen molar-refractivity contribution in [1.82, 2.24) is 14.9 Å². The molecule has 0 aliphatic carbocycles. The lowest BCUT2D eigenvalue weighted by Crippen LogP contribution is -2.33. The number of H-pyrrole nitrogens is 2. The SMILES string of the molecule is NC(=O)c1ccc2[nH]c(C3CCN(CCCCc4c[nH]c5ccc(C(N)=O)cc45)CC3)cc2c1. The van der Waals surface area contributed by atoms with E-state index in [4.69, 9.17) is 11.5 Å². The van der Waals surface area contributed by atoms with Gasteiger partial charge in [0.25, 0.3) is 0 Å². The Hall–Kier alpha value is -3.58. The predicted octanol–water partition coefficient (Wildman–Crippen LogP) is 4.05. The summed E-state index contributed by atoms with van der Waals surface area (Å²) < 4.78 is 0. The minimum atomic E-state index is -0.391. The summed E-state index contributed by atoms with van der Waals surface area (Å²) in [6, 6.07) is 13.3. The molecule has 7 heteroatoms. The first kappa shape index (κ1) is 22.2. The number of aromatic amines is 2. The Balaban J connectivity index is 1.11. The number of aromatic nitrogens is 2. The second kappa shape index (κ2) is 9.35. The molecule has 6 N–H and O–H groups in total. The highest BCUT2D eigenvalue weighted by molar-refractivity contribution is 5.98. The van der Waals surface area contributed by atoms with Gasteiger partial charge in [-0.3, -0.25) is 9.59 Å². The minimum absolute atomic E-state index is 0.389. The Bertz CT molecular complexity index is 1340. The smallest absolute Gasteiger partial charge is 0.248 e. The van der Waals surface area contributed by atoms with E-state index in [0.29, 0.717) is 17.0 Å². The van der Waals surface area contributed by atoms with Gasteiger partial charge in [0, 0.05) is 50.7 Å². The molecule has 176 valence electrons. The van der Waals surface area contributed by atoms with E-state index in [1.54, 1.807) is 12.1 Å². The quantitative estimate of drug-likeness (QED) is 0.299. The molecule has 5 rings (SSSR count). The normalized spacial score (nSPS) is 15.3. The average Bonchev–Trinajstić information content (AvgIpc) is 3.45. The molecular weight excluding hydrogens is 426 g/mol. The van der Waals surface area contributed by atoms with Crippen molar-refractivity contribution in [3.05, 3.63) is 71.0 Å². The number of hydrogen-bond donors (Lipinski definition) is 4. The standard InChI is InChI=1S/C27H31N5O2/c28-26(33)18-4-6-23-21(13-18)15-25(31-23)17-8-11-32(12-9-17)10-2-1-3-20-16-30-24-7-5-19(27(29)34)14-22(20)24/h4-7,13-17,30-31H,1-3,8-12H2,(H2,28,33)(H2,29,34). The minimum Gasteiger partial charge on any atom is -0.366 e. The molecule has 2 aromatic heterocycles. The van der Waals surface area contributed by atoms with Crippen LogP contribution < -0.4 is 11.5 Å². The summed E-state index contributed by atoms with van der Waals surface area (Å²) in [6.07, 6.45) is 7.56. The molecule has 2 amide bonds. The molecule has 7 nitrogen and oxygen atoms in total. The van der Waals surface area contributed by atoms with Crippen molar-refractivity contribution in [3.8, 4) is 0 Å². The zero-order chi connectivity index (χ0) is 23.7. The Morgan fingerprint density at radius 2 is 1.62 bits per heavy atom. The first-order valence-electron chi connectivity index (χ1n) is 12.0. The van der Waals surface area contributed by atoms with Crippen LogP contribution in [0.3, 0.4) is 0 Å². The Morgan fingerprint density at radius 1 is 0.912 bits per heavy atom. The van der Waals surface area contributed by atoms with Crippen molar-refractivity contribution >= 4 is 33.6 Å². The predicted molar refractivity (Wildman–Crippen MR) is 135 cm³/mol. The summed E-state index contributed by atoms with van der Waals surface area (Å²) >= 11 is 0. The number of likely N-dealkylation sites (tertiary alicyclic amines) is 1. The number of fused-ring (bicyclic) bond motifs is 2. The van der Waals surface area contributed by atoms with E-state index < -0.39 is 5.91 Å². The van der Waals surface area contributed by atoms with E-state index >= 15 is 0 Å². The zero-order valence-electron chi connectivity index (χ0n) is 19.3. The van der Waals surface area contributed by atoms with Gasteiger partial charge in [0.15, 0.2) is 0 Å². The Labute approximate surface area is 198 Å². The van der Waals surface area contributed by atoms with E-state index in [1.165, 1.54) is 11.3 Å². The summed E-state index contributed by atoms with van der Waals surface area (Å²) in [4.78, 5) is 32.3. The molecule has 1 saturated heterocycles. The molecule has 1 aliphatic heterocycles. The van der Waals surface area contributed by atoms with Crippen LogP contribution in [-0.2, 0) is 6.42 Å². The lowest BCUT2D eigenvalue weighted by atomic mass is 9.93. The van der Waals surface area contributed by atoms with Crippen LogP contribution in [0.1, 0.15) is 63.6 Å². The monoisotopic (exact) mass is 457 g/mol. The van der Waals surface area contributed by atoms with Gasteiger partial charge in [-0.15, -0.1) is 0 Å². The molecule has 1 aliphatic rings. The van der Waals surface area contributed by atoms with Crippen molar-refractivity contribution in [1.29, 1.82) is 0 Å². The number of piperidine rings is 1. The third-order valence-corrected chi connectivity index (χ3v) is 7.18. The molecule has 0 unspecified atom stereocenters. The van der Waals surface area contributed by atoms with Crippen LogP contribution in [0.25, 0.3) is 21.8 Å². The topological polar surface area (TPSA) is 121 Å². The van der Waals surface area contributed by atoms with Crippen molar-refractivity contribution < 1.29 is 9.59 Å². The van der Waals surface area contributed by atoms with Crippen LogP contribution in [-0.4, -0.2) is 46.3 Å². The van der Waals surface area contributed by atoms with Crippen LogP contribution in [0.2, 0.25) is 0 Å². The molecule has 4 aromatic rings. The number of carbonyl (C=O) groups is 2. The maximum absolute atomic E-state index is 11.5. The maximum atomic E-state index is 11.5. The molecule has 34 heavy (non-hydrogen) atoms. The van der Waals surface area contributed by atoms with Crippen LogP contribution in [0.4, 0.5) is 0 Å². The second-order valence-electron chi connectivity index (χ2n) is 9.40. The number of unbranched alkanes of at least 4 members (excludes halogenated alkanes) is 1. The number of carbonyl (C=O) groups excluding carboxylic acids is 2. The van der Waals surface area contributed by atoms with Crippen LogP contribution in [0.5, 0.6) is 0 Å². The van der Waals surface area contributed by atoms with E-state index in [9.17, 15) is 9.59 Å². The number of benzene rings is 2. The van der Waals surface area contributed by atoms with Gasteiger partial charge in [-0.05, 0) is 99.8 Å². The molecule has 1 fully saturated rings. The molecule has 0 radical (unpaired) electrons. The van der Waals surface area contributed by atoms with Gasteiger partial charge in [0.05, 0.1) is 0 Å². The lowest BCUT2D eigenvalue weighted by Gasteiger charge is -2.31. The maximum Gasteiger partial charge on any atom is 0.248 e. The largest absolute Gasteiger partial charge is 0.366 e. The van der Waals surface area contributed by atoms with Crippen LogP contribution in [0, 0.1) is 0 Å². The van der Waals surface area contributed by atoms with E-state index in [-0.39, 0.29) is 5.91 Å². The fraction of sp³-hybridized carbons (Fsp3) is 0.333. The molecule has 0 saturated carbocycles. The molecule has 2 aromatic carbocycles. The summed E-state index contributed by atoms with van der Waals surface area (Å²) in [5, 5.41) is 2.15. The highest BCUT2D eigenvalue weighted by Gasteiger charge is 2.22. The van der Waals surface area contributed by atoms with Gasteiger partial charge in [-0.1, -0.05) is 0 Å². The van der Waals surface area contributed by atoms with E-state index in [1.807, 2.05) is 30.5 Å². The van der Waals surface area contributed by atoms with Gasteiger partial charge >= 0.3 is 0 Å². The van der Waals surface area contributed by atoms with Crippen LogP contribution >= 0.6 is 0 Å². The Kier molecular flexibility index (Phi) is 6.11. The number of nitrogens with zero attached hydrogens (tertiary/aromatic N) is 1. The highest BCUT2D eigenvalue weighted by Crippen LogP contribution is 2.30. The number of amides is 2. The van der Waals surface area contributed by atoms with E-state index in [2.05, 4.69) is 20.9 Å². The van der Waals surface area contributed by atoms with Crippen LogP contribution in [0.15, 0.2) is 48.7 Å². The number of hydrogen-bond acceptors (Lipinski definition) is 3. The summed E-state index contributed by atoms with van der Waals surface area (Å²) in [5.41, 5.74) is 16.6. The van der Waals surface area contributed by atoms with Crippen molar-refractivity contribution in [2.45, 2.75) is 38.0 Å². The van der Waals surface area contributed by atoms with Gasteiger partial charge in [-0.2, -0.15) is 0 Å². The molecule has 0 bridgehead atoms. The number of primary amides is 2. The second-order valence-corrected chi connectivity index (χ2v) is 9.40. The zero-order valence-corrected chi connectivity index (χ0v) is 19.3. The fourth-order valence-electron chi connectivity index (χ4n) is 5.19.